The maximum atomic E-state index is 15.2. The Balaban J connectivity index is 1.86. The third-order valence-corrected chi connectivity index (χ3v) is 9.84. The van der Waals surface area contributed by atoms with Gasteiger partial charge in [-0.1, -0.05) is 42.8 Å². The molecule has 5 heteroatoms. The number of carbonyl (C=O) groups excluding carboxylic acids is 1. The Kier molecular flexibility index (Phi) is 3.76. The molecule has 0 aromatic carbocycles. The van der Waals surface area contributed by atoms with Gasteiger partial charge in [-0.05, 0) is 60.2 Å². The second-order valence-electron chi connectivity index (χ2n) is 9.11. The molecule has 3 nitrogen and oxygen atoms in total. The van der Waals surface area contributed by atoms with Gasteiger partial charge in [0.2, 0.25) is 0 Å². The van der Waals surface area contributed by atoms with Gasteiger partial charge in [0.05, 0.1) is 16.5 Å². The van der Waals surface area contributed by atoms with Gasteiger partial charge in [0, 0.05) is 5.41 Å². The van der Waals surface area contributed by atoms with E-state index in [2.05, 4.69) is 15.9 Å². The zero-order valence-corrected chi connectivity index (χ0v) is 16.5. The second kappa shape index (κ2) is 5.26. The van der Waals surface area contributed by atoms with Gasteiger partial charge in [0.1, 0.15) is 6.17 Å². The Hall–Kier alpha value is -0.520. The molecule has 4 aliphatic rings. The molecule has 4 aliphatic carbocycles. The van der Waals surface area contributed by atoms with Crippen LogP contribution in [0.4, 0.5) is 4.39 Å². The van der Waals surface area contributed by atoms with Crippen LogP contribution in [0.5, 0.6) is 0 Å². The van der Waals surface area contributed by atoms with E-state index in [9.17, 15) is 15.0 Å². The van der Waals surface area contributed by atoms with E-state index in [1.54, 1.807) is 6.08 Å². The molecule has 3 saturated carbocycles. The maximum absolute atomic E-state index is 15.2. The molecular weight excluding hydrogens is 387 g/mol. The van der Waals surface area contributed by atoms with Crippen molar-refractivity contribution >= 4 is 21.7 Å². The van der Waals surface area contributed by atoms with E-state index in [4.69, 9.17) is 0 Å². The van der Waals surface area contributed by atoms with Crippen LogP contribution in [-0.4, -0.2) is 38.7 Å². The zero-order valence-electron chi connectivity index (χ0n) is 14.9. The molecule has 0 aromatic rings. The Morgan fingerprint density at radius 3 is 2.60 bits per heavy atom. The van der Waals surface area contributed by atoms with Crippen molar-refractivity contribution in [1.29, 1.82) is 0 Å². The monoisotopic (exact) mass is 412 g/mol. The van der Waals surface area contributed by atoms with Gasteiger partial charge < -0.3 is 10.2 Å². The van der Waals surface area contributed by atoms with Crippen molar-refractivity contribution in [2.75, 3.05) is 0 Å². The average molecular weight is 413 g/mol. The summed E-state index contributed by atoms with van der Waals surface area (Å²) in [6, 6.07) is 0. The summed E-state index contributed by atoms with van der Waals surface area (Å²) in [7, 11) is 0. The number of aliphatic hydroxyl groups excluding tert-OH is 2. The zero-order chi connectivity index (χ0) is 18.4. The number of halogens is 2. The smallest absolute Gasteiger partial charge is 0.178 e. The molecule has 3 fully saturated rings. The summed E-state index contributed by atoms with van der Waals surface area (Å²) >= 11 is 3.88. The highest BCUT2D eigenvalue weighted by Crippen LogP contribution is 2.70. The lowest BCUT2D eigenvalue weighted by molar-refractivity contribution is -0.120. The first-order chi connectivity index (χ1) is 11.6. The minimum absolute atomic E-state index is 0.101. The van der Waals surface area contributed by atoms with Crippen molar-refractivity contribution in [2.45, 2.75) is 62.7 Å². The number of carbonyl (C=O) groups is 1. The van der Waals surface area contributed by atoms with Gasteiger partial charge in [-0.2, -0.15) is 0 Å². The number of aliphatic hydroxyl groups is 2. The minimum atomic E-state index is -1.20. The quantitative estimate of drug-likeness (QED) is 0.599. The number of hydrogen-bond acceptors (Lipinski definition) is 3. The van der Waals surface area contributed by atoms with E-state index < -0.39 is 33.5 Å². The van der Waals surface area contributed by atoms with Crippen molar-refractivity contribution in [3.63, 3.8) is 0 Å². The number of rotatable bonds is 0. The molecule has 0 spiro atoms. The van der Waals surface area contributed by atoms with Crippen LogP contribution in [0.25, 0.3) is 0 Å². The van der Waals surface area contributed by atoms with E-state index in [1.165, 1.54) is 12.2 Å². The van der Waals surface area contributed by atoms with Crippen LogP contribution in [0, 0.1) is 28.6 Å². The van der Waals surface area contributed by atoms with Gasteiger partial charge in [-0.15, -0.1) is 0 Å². The van der Waals surface area contributed by atoms with E-state index in [0.717, 1.165) is 6.42 Å². The van der Waals surface area contributed by atoms with Crippen molar-refractivity contribution in [1.82, 2.24) is 0 Å². The first-order valence-electron chi connectivity index (χ1n) is 9.20. The Morgan fingerprint density at radius 1 is 1.24 bits per heavy atom. The summed E-state index contributed by atoms with van der Waals surface area (Å²) in [6.07, 6.45) is 3.89. The minimum Gasteiger partial charge on any atom is -0.392 e. The standard InChI is InChI=1S/C20H26BrFO3/c1-10-6-12-13-8-15(22)14-7-11(23)4-5-19(14,3)20(13,21)16(24)9-18(12,2)17(10)25/h4-5,7,10,12-13,15-17,24-25H,6,8-9H2,1-3H3/t10-,12-,13-,15-,16-,17+,18-,19-,20-/m0/s1. The van der Waals surface area contributed by atoms with E-state index >= 15 is 4.39 Å². The highest BCUT2D eigenvalue weighted by Gasteiger charge is 2.70. The summed E-state index contributed by atoms with van der Waals surface area (Å²) in [4.78, 5) is 11.8. The van der Waals surface area contributed by atoms with Gasteiger partial charge >= 0.3 is 0 Å². The Bertz CT molecular complexity index is 690. The van der Waals surface area contributed by atoms with Crippen molar-refractivity contribution in [3.8, 4) is 0 Å². The van der Waals surface area contributed by atoms with Crippen molar-refractivity contribution < 1.29 is 19.4 Å². The third-order valence-electron chi connectivity index (χ3n) is 7.90. The summed E-state index contributed by atoms with van der Waals surface area (Å²) in [6.45, 7) is 6.01. The first-order valence-corrected chi connectivity index (χ1v) is 9.99. The summed E-state index contributed by atoms with van der Waals surface area (Å²) < 4.78 is 14.4. The van der Waals surface area contributed by atoms with Crippen LogP contribution in [0.1, 0.15) is 40.0 Å². The van der Waals surface area contributed by atoms with E-state index in [0.29, 0.717) is 12.0 Å². The van der Waals surface area contributed by atoms with Crippen LogP contribution in [0.2, 0.25) is 0 Å². The average Bonchev–Trinajstić information content (AvgIpc) is 2.76. The third kappa shape index (κ3) is 2.01. The highest BCUT2D eigenvalue weighted by molar-refractivity contribution is 9.10. The number of fused-ring (bicyclic) bond motifs is 5. The molecule has 9 atom stereocenters. The summed E-state index contributed by atoms with van der Waals surface area (Å²) in [5, 5.41) is 22.0. The lowest BCUT2D eigenvalue weighted by Gasteiger charge is -2.63. The summed E-state index contributed by atoms with van der Waals surface area (Å²) in [5.41, 5.74) is -0.671. The lowest BCUT2D eigenvalue weighted by atomic mass is 9.47. The van der Waals surface area contributed by atoms with Gasteiger partial charge in [0.25, 0.3) is 0 Å². The molecule has 0 aromatic heterocycles. The first kappa shape index (κ1) is 17.9. The van der Waals surface area contributed by atoms with Crippen LogP contribution in [-0.2, 0) is 4.79 Å². The molecule has 138 valence electrons. The van der Waals surface area contributed by atoms with Crippen LogP contribution < -0.4 is 0 Å². The maximum Gasteiger partial charge on any atom is 0.178 e. The lowest BCUT2D eigenvalue weighted by Crippen LogP contribution is -2.67. The molecule has 25 heavy (non-hydrogen) atoms. The molecule has 0 radical (unpaired) electrons. The predicted octanol–water partition coefficient (Wildman–Crippen LogP) is 3.34. The Labute approximate surface area is 156 Å². The van der Waals surface area contributed by atoms with Gasteiger partial charge in [0.15, 0.2) is 5.78 Å². The van der Waals surface area contributed by atoms with Crippen molar-refractivity contribution in [3.05, 3.63) is 23.8 Å². The molecule has 0 amide bonds. The highest BCUT2D eigenvalue weighted by atomic mass is 79.9. The SMILES string of the molecule is C[C@H]1C[C@H]2[C@@H]3C[C@H](F)C4=CC(=O)C=C[C@]4(C)[C@@]3(Br)[C@@H](O)C[C@]2(C)[C@@H]1O. The Morgan fingerprint density at radius 2 is 1.92 bits per heavy atom. The molecule has 0 heterocycles. The van der Waals surface area contributed by atoms with Crippen LogP contribution >= 0.6 is 15.9 Å². The van der Waals surface area contributed by atoms with Gasteiger partial charge in [-0.25, -0.2) is 4.39 Å². The van der Waals surface area contributed by atoms with Crippen LogP contribution in [0.3, 0.4) is 0 Å². The largest absolute Gasteiger partial charge is 0.392 e. The molecule has 4 rings (SSSR count). The molecule has 0 bridgehead atoms. The normalized spacial score (nSPS) is 57.6. The molecule has 0 saturated heterocycles. The molecular formula is C20H26BrFO3. The number of hydrogen-bond donors (Lipinski definition) is 2. The number of allylic oxidation sites excluding steroid dienone is 4. The van der Waals surface area contributed by atoms with E-state index in [1.807, 2.05) is 20.8 Å². The predicted molar refractivity (Wildman–Crippen MR) is 97.0 cm³/mol. The fourth-order valence-electron chi connectivity index (χ4n) is 6.55. The fourth-order valence-corrected chi connectivity index (χ4v) is 7.58. The molecule has 0 aliphatic heterocycles. The number of ketones is 1. The molecule has 0 unspecified atom stereocenters. The second-order valence-corrected chi connectivity index (χ2v) is 10.4. The van der Waals surface area contributed by atoms with Crippen molar-refractivity contribution in [2.24, 2.45) is 28.6 Å². The van der Waals surface area contributed by atoms with E-state index in [-0.39, 0.29) is 30.0 Å². The topological polar surface area (TPSA) is 57.5 Å². The fraction of sp³-hybridized carbons (Fsp3) is 0.750. The number of alkyl halides is 2. The summed E-state index contributed by atoms with van der Waals surface area (Å²) in [5.74, 6) is -0.00756. The van der Waals surface area contributed by atoms with Gasteiger partial charge in [-0.3, -0.25) is 4.79 Å². The van der Waals surface area contributed by atoms with Crippen LogP contribution in [0.15, 0.2) is 23.8 Å². The molecule has 2 N–H and O–H groups in total.